The number of anilines is 2. The van der Waals surface area contributed by atoms with Crippen LogP contribution in [0.25, 0.3) is 22.7 Å². The minimum Gasteiger partial charge on any atom is -0.349 e. The minimum absolute atomic E-state index is 0.244. The summed E-state index contributed by atoms with van der Waals surface area (Å²) in [6.07, 6.45) is 17.3. The van der Waals surface area contributed by atoms with Crippen molar-refractivity contribution in [2.75, 3.05) is 22.9 Å². The van der Waals surface area contributed by atoms with Gasteiger partial charge in [0.1, 0.15) is 46.3 Å². The van der Waals surface area contributed by atoms with Crippen molar-refractivity contribution in [3.05, 3.63) is 143 Å². The second-order valence-electron chi connectivity index (χ2n) is 13.3. The molecule has 10 rings (SSSR count). The quantitative estimate of drug-likeness (QED) is 0.157. The van der Waals surface area contributed by atoms with Crippen molar-refractivity contribution in [2.45, 2.75) is 37.8 Å². The Morgan fingerprint density at radius 3 is 1.64 bits per heavy atom. The van der Waals surface area contributed by atoms with Crippen LogP contribution in [0, 0.1) is 23.3 Å². The molecule has 0 amide bonds. The topological polar surface area (TPSA) is 102 Å². The summed E-state index contributed by atoms with van der Waals surface area (Å²) in [6.45, 7) is 1.45. The predicted molar refractivity (Wildman–Crippen MR) is 199 cm³/mol. The lowest BCUT2D eigenvalue weighted by Gasteiger charge is -2.26. The van der Waals surface area contributed by atoms with Gasteiger partial charge in [0.15, 0.2) is 11.3 Å². The van der Waals surface area contributed by atoms with E-state index in [4.69, 9.17) is 9.97 Å². The molecule has 0 radical (unpaired) electrons. The Labute approximate surface area is 319 Å². The van der Waals surface area contributed by atoms with E-state index in [9.17, 15) is 17.6 Å². The molecule has 0 N–H and O–H groups in total. The SMILES string of the molecule is Fc1ccc(F)c([C@H]2CCCN2c2ccn3ncc(-n4cc(Br)cn4)c3n2)c1.Fc1ccc(F)c([C@H]2CCCN2c2ccn3ncc(-n4cccn4)c3n2)c1. The van der Waals surface area contributed by atoms with Crippen molar-refractivity contribution >= 4 is 38.9 Å². The smallest absolute Gasteiger partial charge is 0.183 e. The van der Waals surface area contributed by atoms with Crippen LogP contribution in [-0.2, 0) is 0 Å². The predicted octanol–water partition coefficient (Wildman–Crippen LogP) is 7.83. The van der Waals surface area contributed by atoms with E-state index in [1.54, 1.807) is 43.2 Å². The van der Waals surface area contributed by atoms with E-state index in [1.165, 1.54) is 24.3 Å². The molecule has 8 heterocycles. The van der Waals surface area contributed by atoms with Gasteiger partial charge in [-0.15, -0.1) is 0 Å². The van der Waals surface area contributed by atoms with Gasteiger partial charge < -0.3 is 9.80 Å². The van der Waals surface area contributed by atoms with Crippen LogP contribution in [0.4, 0.5) is 29.2 Å². The van der Waals surface area contributed by atoms with Crippen LogP contribution in [0.15, 0.2) is 109 Å². The van der Waals surface area contributed by atoms with E-state index in [0.717, 1.165) is 66.8 Å². The summed E-state index contributed by atoms with van der Waals surface area (Å²) < 4.78 is 63.7. The molecule has 2 aromatic carbocycles. The molecule has 0 bridgehead atoms. The fourth-order valence-corrected chi connectivity index (χ4v) is 7.74. The van der Waals surface area contributed by atoms with Crippen molar-refractivity contribution in [3.8, 4) is 11.4 Å². The molecule has 0 unspecified atom stereocenters. The molecule has 55 heavy (non-hydrogen) atoms. The molecular formula is C38H31BrF4N12. The van der Waals surface area contributed by atoms with E-state index in [2.05, 4.69) is 36.3 Å². The van der Waals surface area contributed by atoms with E-state index in [1.807, 2.05) is 52.8 Å². The highest BCUT2D eigenvalue weighted by molar-refractivity contribution is 9.10. The Balaban J connectivity index is 0.000000144. The molecule has 2 fully saturated rings. The fourth-order valence-electron chi connectivity index (χ4n) is 7.45. The average Bonchev–Trinajstić information content (AvgIpc) is 4.04. The first-order valence-corrected chi connectivity index (χ1v) is 18.4. The molecular weight excluding hydrogens is 780 g/mol. The molecule has 17 heteroatoms. The van der Waals surface area contributed by atoms with Crippen molar-refractivity contribution in [1.29, 1.82) is 0 Å². The van der Waals surface area contributed by atoms with Crippen LogP contribution in [0.2, 0.25) is 0 Å². The summed E-state index contributed by atoms with van der Waals surface area (Å²) in [5.74, 6) is -0.247. The second kappa shape index (κ2) is 14.3. The van der Waals surface area contributed by atoms with E-state index in [0.29, 0.717) is 34.1 Å². The lowest BCUT2D eigenvalue weighted by Crippen LogP contribution is -2.24. The van der Waals surface area contributed by atoms with Gasteiger partial charge in [-0.25, -0.2) is 45.9 Å². The standard InChI is InChI=1S/C19H15BrF2N6.C19H16F2N6/c20-12-9-23-28(11-12)17-10-24-27-7-5-18(25-19(17)27)26-6-1-2-16(26)14-8-13(21)3-4-15(14)22;20-13-4-5-15(21)14(11-13)16-3-1-8-25(16)18-6-10-27-19(24-18)17(12-23-27)26-9-2-7-22-26/h3-5,7-11,16H,1-2,6H2;2,4-7,9-12,16H,1,3,8H2/t2*16-/m11/s1. The normalized spacial score (nSPS) is 17.0. The third-order valence-electron chi connectivity index (χ3n) is 9.95. The van der Waals surface area contributed by atoms with Gasteiger partial charge in [-0.05, 0) is 96.2 Å². The first kappa shape index (κ1) is 34.7. The Bertz CT molecular complexity index is 2640. The van der Waals surface area contributed by atoms with Crippen LogP contribution in [0.1, 0.15) is 48.9 Å². The molecule has 2 aliphatic heterocycles. The van der Waals surface area contributed by atoms with Gasteiger partial charge in [0.05, 0.1) is 35.1 Å². The van der Waals surface area contributed by atoms with E-state index >= 15 is 0 Å². The third kappa shape index (κ3) is 6.57. The van der Waals surface area contributed by atoms with Gasteiger partial charge in [-0.3, -0.25) is 0 Å². The summed E-state index contributed by atoms with van der Waals surface area (Å²) in [4.78, 5) is 13.6. The Morgan fingerprint density at radius 2 is 1.15 bits per heavy atom. The Hall–Kier alpha value is -6.10. The summed E-state index contributed by atoms with van der Waals surface area (Å²) >= 11 is 3.39. The maximum absolute atomic E-state index is 14.4. The molecule has 8 aromatic rings. The number of halogens is 5. The van der Waals surface area contributed by atoms with Gasteiger partial charge in [0.25, 0.3) is 0 Å². The van der Waals surface area contributed by atoms with Crippen molar-refractivity contribution in [1.82, 2.24) is 48.8 Å². The van der Waals surface area contributed by atoms with Crippen molar-refractivity contribution in [3.63, 3.8) is 0 Å². The summed E-state index contributed by atoms with van der Waals surface area (Å²) in [5, 5.41) is 17.2. The van der Waals surface area contributed by atoms with Crippen LogP contribution in [-0.4, -0.2) is 61.8 Å². The van der Waals surface area contributed by atoms with E-state index in [-0.39, 0.29) is 12.1 Å². The molecule has 2 aliphatic rings. The summed E-state index contributed by atoms with van der Waals surface area (Å²) in [5.41, 5.74) is 3.52. The van der Waals surface area contributed by atoms with Crippen LogP contribution in [0.5, 0.6) is 0 Å². The first-order valence-electron chi connectivity index (χ1n) is 17.6. The molecule has 6 aromatic heterocycles. The number of benzene rings is 2. The Kier molecular flexibility index (Phi) is 9.00. The summed E-state index contributed by atoms with van der Waals surface area (Å²) in [7, 11) is 0. The number of hydrogen-bond acceptors (Lipinski definition) is 8. The lowest BCUT2D eigenvalue weighted by atomic mass is 10.0. The van der Waals surface area contributed by atoms with Crippen LogP contribution in [0.3, 0.4) is 0 Å². The largest absolute Gasteiger partial charge is 0.349 e. The number of fused-ring (bicyclic) bond motifs is 2. The van der Waals surface area contributed by atoms with E-state index < -0.39 is 23.3 Å². The third-order valence-corrected chi connectivity index (χ3v) is 10.4. The molecule has 278 valence electrons. The first-order chi connectivity index (χ1) is 26.8. The van der Waals surface area contributed by atoms with Crippen LogP contribution >= 0.6 is 15.9 Å². The molecule has 2 atom stereocenters. The van der Waals surface area contributed by atoms with Gasteiger partial charge in [-0.2, -0.15) is 20.4 Å². The zero-order chi connectivity index (χ0) is 37.6. The molecule has 0 aliphatic carbocycles. The summed E-state index contributed by atoms with van der Waals surface area (Å²) in [6, 6.07) is 12.2. The molecule has 2 saturated heterocycles. The van der Waals surface area contributed by atoms with Gasteiger partial charge in [-0.1, -0.05) is 0 Å². The Morgan fingerprint density at radius 1 is 0.600 bits per heavy atom. The monoisotopic (exact) mass is 810 g/mol. The highest BCUT2D eigenvalue weighted by atomic mass is 79.9. The van der Waals surface area contributed by atoms with Crippen LogP contribution < -0.4 is 9.80 Å². The van der Waals surface area contributed by atoms with Crippen molar-refractivity contribution < 1.29 is 17.6 Å². The van der Waals surface area contributed by atoms with Gasteiger partial charge in [0, 0.05) is 55.2 Å². The second-order valence-corrected chi connectivity index (χ2v) is 14.2. The van der Waals surface area contributed by atoms with Crippen molar-refractivity contribution in [2.24, 2.45) is 0 Å². The average molecular weight is 812 g/mol. The van der Waals surface area contributed by atoms with Gasteiger partial charge in [0.2, 0.25) is 0 Å². The maximum Gasteiger partial charge on any atom is 0.183 e. The maximum atomic E-state index is 14.4. The van der Waals surface area contributed by atoms with Gasteiger partial charge >= 0.3 is 0 Å². The number of aromatic nitrogens is 10. The number of nitrogens with zero attached hydrogens (tertiary/aromatic N) is 12. The highest BCUT2D eigenvalue weighted by Gasteiger charge is 2.31. The number of hydrogen-bond donors (Lipinski definition) is 0. The molecule has 0 saturated carbocycles. The highest BCUT2D eigenvalue weighted by Crippen LogP contribution is 2.38. The fraction of sp³-hybridized carbons (Fsp3) is 0.211. The lowest BCUT2D eigenvalue weighted by molar-refractivity contribution is 0.560. The molecule has 12 nitrogen and oxygen atoms in total. The minimum atomic E-state index is -0.436. The molecule has 0 spiro atoms. The zero-order valence-electron chi connectivity index (χ0n) is 29.0. The zero-order valence-corrected chi connectivity index (χ0v) is 30.6. The number of rotatable bonds is 6.